The van der Waals surface area contributed by atoms with Crippen LogP contribution in [0, 0.1) is 11.8 Å². The largest absolute Gasteiger partial charge is 0.282 e. The van der Waals surface area contributed by atoms with Gasteiger partial charge in [0, 0.05) is 30.6 Å². The van der Waals surface area contributed by atoms with E-state index in [1.54, 1.807) is 19.9 Å². The van der Waals surface area contributed by atoms with E-state index in [1.165, 1.54) is 10.4 Å². The quantitative estimate of drug-likeness (QED) is 0.837. The molecule has 0 saturated carbocycles. The first-order chi connectivity index (χ1) is 9.89. The Bertz CT molecular complexity index is 601. The van der Waals surface area contributed by atoms with E-state index in [9.17, 15) is 8.42 Å². The van der Waals surface area contributed by atoms with Crippen molar-refractivity contribution in [2.45, 2.75) is 39.7 Å². The van der Waals surface area contributed by atoms with Crippen molar-refractivity contribution >= 4 is 21.5 Å². The summed E-state index contributed by atoms with van der Waals surface area (Å²) in [6.07, 6.45) is 1.96. The highest BCUT2D eigenvalue weighted by molar-refractivity contribution is 7.86. The van der Waals surface area contributed by atoms with Crippen molar-refractivity contribution in [3.63, 3.8) is 0 Å². The lowest BCUT2D eigenvalue weighted by Gasteiger charge is -2.40. The highest BCUT2D eigenvalue weighted by atomic mass is 32.2. The van der Waals surface area contributed by atoms with E-state index < -0.39 is 10.2 Å². The Kier molecular flexibility index (Phi) is 4.16. The first kappa shape index (κ1) is 15.5. The molecule has 0 amide bonds. The Morgan fingerprint density at radius 2 is 1.86 bits per heavy atom. The van der Waals surface area contributed by atoms with Crippen molar-refractivity contribution < 1.29 is 8.42 Å². The fraction of sp³-hybridized carbons (Fsp3) is 0.733. The molecular formula is C15H24N2O2S2. The molecule has 0 aliphatic carbocycles. The number of thiophene rings is 1. The van der Waals surface area contributed by atoms with Gasteiger partial charge in [0.05, 0.1) is 0 Å². The number of piperidine rings is 1. The zero-order valence-corrected chi connectivity index (χ0v) is 14.6. The van der Waals surface area contributed by atoms with Crippen LogP contribution in [0.2, 0.25) is 0 Å². The van der Waals surface area contributed by atoms with Gasteiger partial charge in [-0.3, -0.25) is 0 Å². The minimum atomic E-state index is -3.35. The monoisotopic (exact) mass is 328 g/mol. The van der Waals surface area contributed by atoms with Crippen LogP contribution in [-0.2, 0) is 16.6 Å². The van der Waals surface area contributed by atoms with Gasteiger partial charge >= 0.3 is 0 Å². The maximum atomic E-state index is 13.0. The Labute approximate surface area is 131 Å². The summed E-state index contributed by atoms with van der Waals surface area (Å²) < 4.78 is 29.5. The Hall–Kier alpha value is -0.430. The number of hydrogen-bond acceptors (Lipinski definition) is 3. The molecule has 1 aromatic heterocycles. The lowest BCUT2D eigenvalue weighted by molar-refractivity contribution is 0.200. The molecular weight excluding hydrogens is 304 g/mol. The predicted molar refractivity (Wildman–Crippen MR) is 86.6 cm³/mol. The van der Waals surface area contributed by atoms with E-state index >= 15 is 0 Å². The van der Waals surface area contributed by atoms with E-state index in [1.807, 2.05) is 6.92 Å². The van der Waals surface area contributed by atoms with E-state index in [0.29, 0.717) is 31.5 Å². The van der Waals surface area contributed by atoms with Gasteiger partial charge in [0.2, 0.25) is 0 Å². The van der Waals surface area contributed by atoms with E-state index in [2.05, 4.69) is 25.3 Å². The molecule has 2 aliphatic heterocycles. The first-order valence-electron chi connectivity index (χ1n) is 7.72. The highest BCUT2D eigenvalue weighted by Gasteiger charge is 2.39. The van der Waals surface area contributed by atoms with Gasteiger partial charge in [-0.15, -0.1) is 11.3 Å². The zero-order valence-electron chi connectivity index (χ0n) is 12.9. The van der Waals surface area contributed by atoms with Crippen LogP contribution in [-0.4, -0.2) is 36.7 Å². The van der Waals surface area contributed by atoms with Gasteiger partial charge in [0.25, 0.3) is 10.2 Å². The molecule has 0 bridgehead atoms. The Morgan fingerprint density at radius 3 is 2.52 bits per heavy atom. The molecule has 0 unspecified atom stereocenters. The summed E-state index contributed by atoms with van der Waals surface area (Å²) in [4.78, 5) is 1.34. The third-order valence-electron chi connectivity index (χ3n) is 4.68. The van der Waals surface area contributed by atoms with E-state index in [0.717, 1.165) is 12.8 Å². The van der Waals surface area contributed by atoms with Crippen molar-refractivity contribution in [1.29, 1.82) is 0 Å². The highest BCUT2D eigenvalue weighted by Crippen LogP contribution is 2.36. The molecule has 21 heavy (non-hydrogen) atoms. The molecule has 1 fully saturated rings. The van der Waals surface area contributed by atoms with Gasteiger partial charge in [0.15, 0.2) is 0 Å². The molecule has 0 radical (unpaired) electrons. The van der Waals surface area contributed by atoms with Crippen LogP contribution < -0.4 is 0 Å². The van der Waals surface area contributed by atoms with Gasteiger partial charge in [-0.05, 0) is 48.6 Å². The van der Waals surface area contributed by atoms with Crippen LogP contribution >= 0.6 is 11.3 Å². The van der Waals surface area contributed by atoms with Crippen LogP contribution in [0.5, 0.6) is 0 Å². The molecule has 3 rings (SSSR count). The lowest BCUT2D eigenvalue weighted by Crippen LogP contribution is -2.51. The second-order valence-electron chi connectivity index (χ2n) is 6.61. The molecule has 0 aromatic carbocycles. The fourth-order valence-electron chi connectivity index (χ4n) is 3.74. The second-order valence-corrected chi connectivity index (χ2v) is 9.49. The number of hydrogen-bond donors (Lipinski definition) is 0. The smallest absolute Gasteiger partial charge is 0.195 e. The van der Waals surface area contributed by atoms with Crippen LogP contribution in [0.25, 0.3) is 0 Å². The minimum Gasteiger partial charge on any atom is -0.195 e. The average Bonchev–Trinajstić information content (AvgIpc) is 2.87. The average molecular weight is 329 g/mol. The number of fused-ring (bicyclic) bond motifs is 1. The van der Waals surface area contributed by atoms with E-state index in [-0.39, 0.29) is 6.04 Å². The normalized spacial score (nSPS) is 32.0. The standard InChI is InChI=1S/C15H24N2O2S2/c1-11-8-12(2)10-16(9-11)21(18,19)17-6-4-15-14(13(17)3)5-7-20-15/h5,7,11-13H,4,6,8-10H2,1-3H3/t11-,12+,13-/m1/s1. The molecule has 4 nitrogen and oxygen atoms in total. The summed E-state index contributed by atoms with van der Waals surface area (Å²) in [5.74, 6) is 0.890. The summed E-state index contributed by atoms with van der Waals surface area (Å²) >= 11 is 1.74. The molecule has 6 heteroatoms. The molecule has 0 N–H and O–H groups in total. The van der Waals surface area contributed by atoms with Crippen molar-refractivity contribution in [3.05, 3.63) is 21.9 Å². The second kappa shape index (κ2) is 5.65. The SMILES string of the molecule is C[C@@H]1C[C@H](C)CN(S(=O)(=O)N2CCc3sccc3[C@H]2C)C1. The van der Waals surface area contributed by atoms with Crippen molar-refractivity contribution in [1.82, 2.24) is 8.61 Å². The van der Waals surface area contributed by atoms with Crippen molar-refractivity contribution in [2.75, 3.05) is 19.6 Å². The number of rotatable bonds is 2. The summed E-state index contributed by atoms with van der Waals surface area (Å²) in [7, 11) is -3.35. The molecule has 118 valence electrons. The van der Waals surface area contributed by atoms with Crippen LogP contribution in [0.1, 0.15) is 43.7 Å². The summed E-state index contributed by atoms with van der Waals surface area (Å²) in [6, 6.07) is 2.03. The summed E-state index contributed by atoms with van der Waals surface area (Å²) in [6.45, 7) is 8.23. The summed E-state index contributed by atoms with van der Waals surface area (Å²) in [5, 5.41) is 2.07. The maximum Gasteiger partial charge on any atom is 0.282 e. The molecule has 0 spiro atoms. The van der Waals surface area contributed by atoms with Gasteiger partial charge in [-0.2, -0.15) is 17.0 Å². The fourth-order valence-corrected chi connectivity index (χ4v) is 6.72. The molecule has 1 aromatic rings. The lowest BCUT2D eigenvalue weighted by atomic mass is 9.94. The van der Waals surface area contributed by atoms with Gasteiger partial charge in [-0.1, -0.05) is 13.8 Å². The van der Waals surface area contributed by atoms with Gasteiger partial charge in [0.1, 0.15) is 0 Å². The summed E-state index contributed by atoms with van der Waals surface area (Å²) in [5.41, 5.74) is 1.19. The van der Waals surface area contributed by atoms with E-state index in [4.69, 9.17) is 0 Å². The minimum absolute atomic E-state index is 0.0439. The number of nitrogens with zero attached hydrogens (tertiary/aromatic N) is 2. The molecule has 1 saturated heterocycles. The van der Waals surface area contributed by atoms with Gasteiger partial charge < -0.3 is 0 Å². The Balaban J connectivity index is 1.85. The van der Waals surface area contributed by atoms with Crippen LogP contribution in [0.15, 0.2) is 11.4 Å². The van der Waals surface area contributed by atoms with Crippen LogP contribution in [0.3, 0.4) is 0 Å². The first-order valence-corrected chi connectivity index (χ1v) is 10.0. The molecule has 3 heterocycles. The maximum absolute atomic E-state index is 13.0. The third kappa shape index (κ3) is 2.79. The molecule has 3 atom stereocenters. The Morgan fingerprint density at radius 1 is 1.19 bits per heavy atom. The predicted octanol–water partition coefficient (Wildman–Crippen LogP) is 2.89. The topological polar surface area (TPSA) is 40.6 Å². The molecule has 2 aliphatic rings. The zero-order chi connectivity index (χ0) is 15.2. The third-order valence-corrected chi connectivity index (χ3v) is 7.72. The van der Waals surface area contributed by atoms with Crippen molar-refractivity contribution in [3.8, 4) is 0 Å². The van der Waals surface area contributed by atoms with Crippen LogP contribution in [0.4, 0.5) is 0 Å². The van der Waals surface area contributed by atoms with Crippen molar-refractivity contribution in [2.24, 2.45) is 11.8 Å². The van der Waals surface area contributed by atoms with Gasteiger partial charge in [-0.25, -0.2) is 0 Å².